The summed E-state index contributed by atoms with van der Waals surface area (Å²) >= 11 is 8.25. The van der Waals surface area contributed by atoms with Gasteiger partial charge >= 0.3 is 6.09 Å². The highest BCUT2D eigenvalue weighted by Crippen LogP contribution is 2.39. The van der Waals surface area contributed by atoms with Gasteiger partial charge in [-0.1, -0.05) is 48.0 Å². The Morgan fingerprint density at radius 3 is 2.33 bits per heavy atom. The van der Waals surface area contributed by atoms with Gasteiger partial charge in [-0.15, -0.1) is 11.3 Å². The minimum Gasteiger partial charge on any atom is -0.496 e. The number of ether oxygens (including phenoxy) is 2. The van der Waals surface area contributed by atoms with Crippen molar-refractivity contribution >= 4 is 45.0 Å². The van der Waals surface area contributed by atoms with E-state index in [4.69, 9.17) is 21.1 Å². The molecule has 7 nitrogen and oxygen atoms in total. The van der Waals surface area contributed by atoms with Crippen molar-refractivity contribution in [1.29, 1.82) is 5.26 Å². The van der Waals surface area contributed by atoms with E-state index in [-0.39, 0.29) is 24.1 Å². The van der Waals surface area contributed by atoms with Crippen LogP contribution in [0.2, 0.25) is 5.02 Å². The summed E-state index contributed by atoms with van der Waals surface area (Å²) in [4.78, 5) is 31.4. The van der Waals surface area contributed by atoms with E-state index in [0.717, 1.165) is 52.5 Å². The number of methoxy groups -OCH3 is 1. The molecule has 0 bridgehead atoms. The van der Waals surface area contributed by atoms with E-state index in [9.17, 15) is 14.9 Å². The molecule has 1 heterocycles. The lowest BCUT2D eigenvalue weighted by Crippen LogP contribution is -2.47. The van der Waals surface area contributed by atoms with Gasteiger partial charge in [-0.25, -0.2) is 4.79 Å². The fraction of sp³-hybridized carbons (Fsp3) is 0.361. The Morgan fingerprint density at radius 1 is 0.978 bits per heavy atom. The van der Waals surface area contributed by atoms with Crippen molar-refractivity contribution in [2.24, 2.45) is 0 Å². The highest BCUT2D eigenvalue weighted by molar-refractivity contribution is 7.21. The van der Waals surface area contributed by atoms with Crippen LogP contribution >= 0.6 is 22.9 Å². The minimum absolute atomic E-state index is 0.0197. The van der Waals surface area contributed by atoms with Gasteiger partial charge < -0.3 is 19.3 Å². The molecule has 1 saturated carbocycles. The Hall–Kier alpha value is -4.06. The normalized spacial score (nSPS) is 16.6. The number of rotatable bonds is 7. The third-order valence-electron chi connectivity index (χ3n) is 8.27. The van der Waals surface area contributed by atoms with Crippen LogP contribution in [-0.2, 0) is 11.3 Å². The maximum atomic E-state index is 14.4. The monoisotopic (exact) mass is 643 g/mol. The maximum Gasteiger partial charge on any atom is 0.410 e. The number of carbonyl (C=O) groups is 2. The van der Waals surface area contributed by atoms with Crippen molar-refractivity contribution in [3.05, 3.63) is 87.8 Å². The quantitative estimate of drug-likeness (QED) is 0.201. The molecule has 0 atom stereocenters. The number of nitrogens with zero attached hydrogens (tertiary/aromatic N) is 3. The molecule has 1 fully saturated rings. The van der Waals surface area contributed by atoms with Gasteiger partial charge in [0.05, 0.1) is 23.8 Å². The molecule has 0 N–H and O–H groups in total. The van der Waals surface area contributed by atoms with Crippen LogP contribution in [0.3, 0.4) is 0 Å². The predicted molar refractivity (Wildman–Crippen MR) is 180 cm³/mol. The van der Waals surface area contributed by atoms with Gasteiger partial charge in [-0.05, 0) is 87.9 Å². The molecule has 0 aliphatic heterocycles. The highest BCUT2D eigenvalue weighted by atomic mass is 35.5. The lowest BCUT2D eigenvalue weighted by Gasteiger charge is -2.40. The summed E-state index contributed by atoms with van der Waals surface area (Å²) < 4.78 is 12.3. The Kier molecular flexibility index (Phi) is 9.71. The van der Waals surface area contributed by atoms with Crippen LogP contribution in [0.1, 0.15) is 67.3 Å². The number of nitriles is 1. The van der Waals surface area contributed by atoms with Crippen LogP contribution in [0.25, 0.3) is 21.2 Å². The fourth-order valence-electron chi connectivity index (χ4n) is 5.92. The number of hydrogen-bond acceptors (Lipinski definition) is 6. The summed E-state index contributed by atoms with van der Waals surface area (Å²) in [6.07, 6.45) is 2.58. The van der Waals surface area contributed by atoms with Crippen LogP contribution in [0.15, 0.2) is 66.7 Å². The molecule has 3 aromatic carbocycles. The van der Waals surface area contributed by atoms with Gasteiger partial charge in [-0.3, -0.25) is 4.79 Å². The van der Waals surface area contributed by atoms with Crippen LogP contribution in [0.5, 0.6) is 5.75 Å². The molecule has 2 amide bonds. The van der Waals surface area contributed by atoms with Crippen molar-refractivity contribution in [2.75, 3.05) is 14.2 Å². The lowest BCUT2D eigenvalue weighted by atomic mass is 9.89. The van der Waals surface area contributed by atoms with Crippen molar-refractivity contribution in [3.63, 3.8) is 0 Å². The molecule has 234 valence electrons. The molecule has 1 aromatic heterocycles. The first-order chi connectivity index (χ1) is 21.5. The number of amides is 2. The molecule has 1 aliphatic rings. The van der Waals surface area contributed by atoms with Gasteiger partial charge in [-0.2, -0.15) is 5.26 Å². The molecule has 5 rings (SSSR count). The standard InChI is InChI=1S/C36H38ClN3O4S/c1-36(2,3)44-35(42)39(4)27-14-16-28(17-15-27)40(34(41)33-32(37)29-11-6-7-12-31(29)45-33)22-26-20-25(13-18-30(26)43-5)24-10-8-9-23(19-24)21-38/h6-13,18-20,27-28H,14-17,22H2,1-5H3/t27-,28-. The molecule has 0 radical (unpaired) electrons. The molecular weight excluding hydrogens is 606 g/mol. The first kappa shape index (κ1) is 32.3. The number of fused-ring (bicyclic) bond motifs is 1. The summed E-state index contributed by atoms with van der Waals surface area (Å²) in [6.45, 7) is 5.90. The largest absolute Gasteiger partial charge is 0.496 e. The highest BCUT2D eigenvalue weighted by Gasteiger charge is 2.35. The predicted octanol–water partition coefficient (Wildman–Crippen LogP) is 8.92. The Morgan fingerprint density at radius 2 is 1.67 bits per heavy atom. The van der Waals surface area contributed by atoms with Crippen LogP contribution in [-0.4, -0.2) is 53.6 Å². The summed E-state index contributed by atoms with van der Waals surface area (Å²) in [6, 6.07) is 23.3. The Bertz CT molecular complexity index is 1750. The van der Waals surface area contributed by atoms with E-state index < -0.39 is 5.60 Å². The third-order valence-corrected chi connectivity index (χ3v) is 9.94. The first-order valence-electron chi connectivity index (χ1n) is 15.1. The summed E-state index contributed by atoms with van der Waals surface area (Å²) in [5.74, 6) is 0.554. The molecular formula is C36H38ClN3O4S. The molecule has 45 heavy (non-hydrogen) atoms. The van der Waals surface area contributed by atoms with Gasteiger partial charge in [0.1, 0.15) is 16.2 Å². The average Bonchev–Trinajstić information content (AvgIpc) is 3.38. The summed E-state index contributed by atoms with van der Waals surface area (Å²) in [5.41, 5.74) is 2.70. The first-order valence-corrected chi connectivity index (χ1v) is 16.3. The van der Waals surface area contributed by atoms with E-state index in [1.165, 1.54) is 11.3 Å². The molecule has 4 aromatic rings. The van der Waals surface area contributed by atoms with Crippen molar-refractivity contribution in [3.8, 4) is 22.9 Å². The van der Waals surface area contributed by atoms with Gasteiger partial charge in [0.15, 0.2) is 0 Å². The van der Waals surface area contributed by atoms with E-state index in [1.807, 2.05) is 86.3 Å². The zero-order valence-electron chi connectivity index (χ0n) is 26.3. The van der Waals surface area contributed by atoms with Crippen LogP contribution < -0.4 is 4.74 Å². The molecule has 1 aliphatic carbocycles. The van der Waals surface area contributed by atoms with E-state index in [0.29, 0.717) is 27.8 Å². The van der Waals surface area contributed by atoms with E-state index in [2.05, 4.69) is 6.07 Å². The average molecular weight is 644 g/mol. The van der Waals surface area contributed by atoms with E-state index >= 15 is 0 Å². The molecule has 0 spiro atoms. The Balaban J connectivity index is 1.47. The molecule has 0 unspecified atom stereocenters. The number of carbonyl (C=O) groups excluding carboxylic acids is 2. The van der Waals surface area contributed by atoms with Gasteiger partial charge in [0.2, 0.25) is 0 Å². The summed E-state index contributed by atoms with van der Waals surface area (Å²) in [7, 11) is 3.41. The Labute approximate surface area is 273 Å². The van der Waals surface area contributed by atoms with Crippen molar-refractivity contribution < 1.29 is 19.1 Å². The maximum absolute atomic E-state index is 14.4. The van der Waals surface area contributed by atoms with E-state index in [1.54, 1.807) is 25.1 Å². The second-order valence-electron chi connectivity index (χ2n) is 12.4. The number of halogens is 1. The minimum atomic E-state index is -0.571. The fourth-order valence-corrected chi connectivity index (χ4v) is 7.39. The van der Waals surface area contributed by atoms with Crippen LogP contribution in [0.4, 0.5) is 4.79 Å². The number of thiophene rings is 1. The smallest absolute Gasteiger partial charge is 0.410 e. The van der Waals surface area contributed by atoms with Crippen LogP contribution in [0, 0.1) is 11.3 Å². The third kappa shape index (κ3) is 7.27. The van der Waals surface area contributed by atoms with Crippen molar-refractivity contribution in [1.82, 2.24) is 9.80 Å². The molecule has 0 saturated heterocycles. The topological polar surface area (TPSA) is 82.9 Å². The second kappa shape index (κ2) is 13.5. The zero-order chi connectivity index (χ0) is 32.3. The lowest BCUT2D eigenvalue weighted by molar-refractivity contribution is 0.0144. The second-order valence-corrected chi connectivity index (χ2v) is 13.9. The van der Waals surface area contributed by atoms with Gasteiger partial charge in [0, 0.05) is 41.3 Å². The number of hydrogen-bond donors (Lipinski definition) is 0. The van der Waals surface area contributed by atoms with Crippen molar-refractivity contribution in [2.45, 2.75) is 70.7 Å². The number of benzene rings is 3. The molecule has 9 heteroatoms. The summed E-state index contributed by atoms with van der Waals surface area (Å²) in [5, 5.41) is 10.8. The SMILES string of the molecule is COc1ccc(-c2cccc(C#N)c2)cc1CN(C(=O)c1sc2ccccc2c1Cl)[C@H]1CC[C@H](N(C)C(=O)OC(C)(C)C)CC1. The van der Waals surface area contributed by atoms with Gasteiger partial charge in [0.25, 0.3) is 5.91 Å². The zero-order valence-corrected chi connectivity index (χ0v) is 27.9.